The summed E-state index contributed by atoms with van der Waals surface area (Å²) in [5, 5.41) is 5.47. The molecule has 0 aliphatic carbocycles. The molecule has 2 aromatic heterocycles. The van der Waals surface area contributed by atoms with Gasteiger partial charge in [0.2, 0.25) is 5.78 Å². The van der Waals surface area contributed by atoms with Crippen LogP contribution in [0.25, 0.3) is 11.0 Å². The van der Waals surface area contributed by atoms with Crippen LogP contribution in [0.1, 0.15) is 16.2 Å². The molecule has 0 aliphatic rings. The van der Waals surface area contributed by atoms with Crippen molar-refractivity contribution in [3.05, 3.63) is 53.0 Å². The van der Waals surface area contributed by atoms with Gasteiger partial charge < -0.3 is 4.42 Å². The lowest BCUT2D eigenvalue weighted by Gasteiger charge is -1.90. The minimum Gasteiger partial charge on any atom is -0.453 e. The van der Waals surface area contributed by atoms with Crippen molar-refractivity contribution in [2.75, 3.05) is 0 Å². The smallest absolute Gasteiger partial charge is 0.248 e. The largest absolute Gasteiger partial charge is 0.453 e. The van der Waals surface area contributed by atoms with E-state index in [1.54, 1.807) is 48.3 Å². The van der Waals surface area contributed by atoms with Gasteiger partial charge in [-0.3, -0.25) is 9.48 Å². The van der Waals surface area contributed by atoms with Crippen molar-refractivity contribution in [3.8, 4) is 0 Å². The first-order valence-electron chi connectivity index (χ1n) is 5.37. The van der Waals surface area contributed by atoms with Crippen molar-refractivity contribution >= 4 is 28.4 Å². The highest BCUT2D eigenvalue weighted by Gasteiger charge is 2.16. The van der Waals surface area contributed by atoms with Crippen molar-refractivity contribution in [2.45, 2.75) is 0 Å². The first kappa shape index (κ1) is 11.0. The zero-order chi connectivity index (χ0) is 12.7. The van der Waals surface area contributed by atoms with Gasteiger partial charge in [0, 0.05) is 23.7 Å². The van der Waals surface area contributed by atoms with Gasteiger partial charge in [-0.05, 0) is 30.3 Å². The first-order valence-corrected chi connectivity index (χ1v) is 5.75. The van der Waals surface area contributed by atoms with Gasteiger partial charge in [-0.2, -0.15) is 5.10 Å². The molecular formula is C13H9ClN2O2. The third-order valence-electron chi connectivity index (χ3n) is 2.65. The summed E-state index contributed by atoms with van der Waals surface area (Å²) in [6.07, 6.45) is 1.72. The number of furan rings is 1. The van der Waals surface area contributed by atoms with Crippen molar-refractivity contribution in [3.63, 3.8) is 0 Å². The quantitative estimate of drug-likeness (QED) is 0.666. The molecule has 0 saturated heterocycles. The van der Waals surface area contributed by atoms with Crippen LogP contribution in [0.15, 0.2) is 40.9 Å². The lowest BCUT2D eigenvalue weighted by atomic mass is 10.2. The van der Waals surface area contributed by atoms with Crippen LogP contribution in [-0.2, 0) is 7.05 Å². The maximum atomic E-state index is 12.1. The Balaban J connectivity index is 2.06. The number of benzene rings is 1. The normalized spacial score (nSPS) is 11.0. The summed E-state index contributed by atoms with van der Waals surface area (Å²) in [7, 11) is 1.76. The van der Waals surface area contributed by atoms with Crippen LogP contribution in [0, 0.1) is 0 Å². The van der Waals surface area contributed by atoms with Crippen LogP contribution >= 0.6 is 11.6 Å². The molecule has 90 valence electrons. The molecule has 3 aromatic rings. The van der Waals surface area contributed by atoms with Gasteiger partial charge in [-0.25, -0.2) is 0 Å². The van der Waals surface area contributed by atoms with E-state index in [1.807, 2.05) is 0 Å². The van der Waals surface area contributed by atoms with Crippen LogP contribution < -0.4 is 0 Å². The average Bonchev–Trinajstić information content (AvgIpc) is 2.93. The Kier molecular flexibility index (Phi) is 2.45. The van der Waals surface area contributed by atoms with E-state index in [1.165, 1.54) is 0 Å². The van der Waals surface area contributed by atoms with Crippen LogP contribution in [0.5, 0.6) is 0 Å². The molecule has 0 radical (unpaired) electrons. The zero-order valence-corrected chi connectivity index (χ0v) is 10.3. The van der Waals surface area contributed by atoms with E-state index in [4.69, 9.17) is 16.0 Å². The van der Waals surface area contributed by atoms with Gasteiger partial charge in [0.15, 0.2) is 5.76 Å². The number of fused-ring (bicyclic) bond motifs is 1. The zero-order valence-electron chi connectivity index (χ0n) is 9.55. The highest BCUT2D eigenvalue weighted by Crippen LogP contribution is 2.24. The number of hydrogen-bond acceptors (Lipinski definition) is 3. The molecule has 0 spiro atoms. The van der Waals surface area contributed by atoms with Crippen molar-refractivity contribution in [1.29, 1.82) is 0 Å². The lowest BCUT2D eigenvalue weighted by molar-refractivity contribution is 0.101. The summed E-state index contributed by atoms with van der Waals surface area (Å²) in [6.45, 7) is 0. The van der Waals surface area contributed by atoms with E-state index in [0.29, 0.717) is 16.3 Å². The van der Waals surface area contributed by atoms with E-state index in [-0.39, 0.29) is 11.5 Å². The summed E-state index contributed by atoms with van der Waals surface area (Å²) in [4.78, 5) is 12.1. The summed E-state index contributed by atoms with van der Waals surface area (Å²) in [5.74, 6) is 0.0360. The molecule has 0 unspecified atom stereocenters. The molecule has 0 aliphatic heterocycles. The number of rotatable bonds is 2. The van der Waals surface area contributed by atoms with Crippen LogP contribution in [0.2, 0.25) is 5.02 Å². The van der Waals surface area contributed by atoms with Crippen molar-refractivity contribution < 1.29 is 9.21 Å². The average molecular weight is 261 g/mol. The number of ketones is 1. The first-order chi connectivity index (χ1) is 8.63. The SMILES string of the molecule is Cn1ccc(C(=O)c2cc3cc(Cl)ccc3o2)n1. The Morgan fingerprint density at radius 1 is 1.33 bits per heavy atom. The van der Waals surface area contributed by atoms with Gasteiger partial charge in [0.25, 0.3) is 0 Å². The van der Waals surface area contributed by atoms with E-state index >= 15 is 0 Å². The Morgan fingerprint density at radius 2 is 2.17 bits per heavy atom. The predicted octanol–water partition coefficient (Wildman–Crippen LogP) is 3.05. The molecule has 5 heteroatoms. The molecule has 3 rings (SSSR count). The fraction of sp³-hybridized carbons (Fsp3) is 0.0769. The molecule has 0 N–H and O–H groups in total. The molecule has 18 heavy (non-hydrogen) atoms. The number of nitrogens with zero attached hydrogens (tertiary/aromatic N) is 2. The van der Waals surface area contributed by atoms with Gasteiger partial charge in [0.05, 0.1) is 0 Å². The van der Waals surface area contributed by atoms with Crippen LogP contribution in [0.3, 0.4) is 0 Å². The second-order valence-corrected chi connectivity index (χ2v) is 4.43. The molecule has 2 heterocycles. The Morgan fingerprint density at radius 3 is 2.89 bits per heavy atom. The summed E-state index contributed by atoms with van der Waals surface area (Å²) in [5.41, 5.74) is 1.00. The lowest BCUT2D eigenvalue weighted by Crippen LogP contribution is -2.01. The monoisotopic (exact) mass is 260 g/mol. The predicted molar refractivity (Wildman–Crippen MR) is 67.9 cm³/mol. The van der Waals surface area contributed by atoms with Crippen molar-refractivity contribution in [1.82, 2.24) is 9.78 Å². The summed E-state index contributed by atoms with van der Waals surface area (Å²) < 4.78 is 7.07. The molecule has 0 atom stereocenters. The Bertz CT molecular complexity index is 742. The fourth-order valence-corrected chi connectivity index (χ4v) is 1.97. The number of carbonyl (C=O) groups excluding carboxylic acids is 1. The Labute approximate surface area is 108 Å². The highest BCUT2D eigenvalue weighted by molar-refractivity contribution is 6.31. The van der Waals surface area contributed by atoms with E-state index in [0.717, 1.165) is 5.39 Å². The molecule has 0 bridgehead atoms. The number of aromatic nitrogens is 2. The maximum Gasteiger partial charge on any atom is 0.248 e. The van der Waals surface area contributed by atoms with Crippen LogP contribution in [-0.4, -0.2) is 15.6 Å². The molecule has 1 aromatic carbocycles. The molecule has 0 saturated carbocycles. The fourth-order valence-electron chi connectivity index (χ4n) is 1.79. The van der Waals surface area contributed by atoms with E-state index < -0.39 is 0 Å². The Hall–Kier alpha value is -2.07. The number of halogens is 1. The van der Waals surface area contributed by atoms with Gasteiger partial charge >= 0.3 is 0 Å². The molecule has 0 fully saturated rings. The molecule has 4 nitrogen and oxygen atoms in total. The summed E-state index contributed by atoms with van der Waals surface area (Å²) in [6, 6.07) is 8.56. The van der Waals surface area contributed by atoms with Crippen LogP contribution in [0.4, 0.5) is 0 Å². The third kappa shape index (κ3) is 1.80. The topological polar surface area (TPSA) is 48.0 Å². The van der Waals surface area contributed by atoms with Gasteiger partial charge in [0.1, 0.15) is 11.3 Å². The third-order valence-corrected chi connectivity index (χ3v) is 2.88. The number of carbonyl (C=O) groups is 1. The van der Waals surface area contributed by atoms with Crippen molar-refractivity contribution in [2.24, 2.45) is 7.05 Å². The second-order valence-electron chi connectivity index (χ2n) is 4.00. The standard InChI is InChI=1S/C13H9ClN2O2/c1-16-5-4-10(15-16)13(17)12-7-8-6-9(14)2-3-11(8)18-12/h2-7H,1H3. The maximum absolute atomic E-state index is 12.1. The number of aryl methyl sites for hydroxylation is 1. The summed E-state index contributed by atoms with van der Waals surface area (Å²) >= 11 is 5.89. The van der Waals surface area contributed by atoms with E-state index in [9.17, 15) is 4.79 Å². The molecular weight excluding hydrogens is 252 g/mol. The minimum atomic E-state index is -0.233. The second kappa shape index (κ2) is 3.99. The van der Waals surface area contributed by atoms with E-state index in [2.05, 4.69) is 5.10 Å². The van der Waals surface area contributed by atoms with Gasteiger partial charge in [-0.1, -0.05) is 11.6 Å². The highest BCUT2D eigenvalue weighted by atomic mass is 35.5. The minimum absolute atomic E-state index is 0.233. The number of hydrogen-bond donors (Lipinski definition) is 0. The van der Waals surface area contributed by atoms with Gasteiger partial charge in [-0.15, -0.1) is 0 Å². The molecule has 0 amide bonds.